The zero-order chi connectivity index (χ0) is 14.7. The lowest BCUT2D eigenvalue weighted by Crippen LogP contribution is -2.41. The van der Waals surface area contributed by atoms with Crippen LogP contribution in [-0.4, -0.2) is 32.3 Å². The van der Waals surface area contributed by atoms with Gasteiger partial charge in [0, 0.05) is 6.20 Å². The van der Waals surface area contributed by atoms with E-state index in [0.717, 1.165) is 6.20 Å². The number of hydrogen-bond acceptors (Lipinski definition) is 5. The van der Waals surface area contributed by atoms with Crippen LogP contribution in [0.4, 0.5) is 23.2 Å². The highest BCUT2D eigenvalue weighted by molar-refractivity contribution is 7.89. The predicted octanol–water partition coefficient (Wildman–Crippen LogP) is 0.546. The number of nitrogens with two attached hydrogens (primary N) is 1. The Bertz CT molecular complexity index is 537. The number of nitrogens with one attached hydrogen (secondary N) is 2. The molecule has 0 spiro atoms. The lowest BCUT2D eigenvalue weighted by atomic mass is 10.4. The van der Waals surface area contributed by atoms with Crippen molar-refractivity contribution < 1.29 is 26.0 Å². The highest BCUT2D eigenvalue weighted by Crippen LogP contribution is 2.23. The molecule has 4 N–H and O–H groups in total. The molecule has 11 heteroatoms. The summed E-state index contributed by atoms with van der Waals surface area (Å²) in [5.74, 6) is 0.553. The Kier molecular flexibility index (Phi) is 4.66. The molecule has 0 aliphatic carbocycles. The van der Waals surface area contributed by atoms with Gasteiger partial charge in [0.15, 0.2) is 5.03 Å². The smallest absolute Gasteiger partial charge is 0.320 e. The lowest BCUT2D eigenvalue weighted by Gasteiger charge is -2.16. The Hall–Kier alpha value is -1.46. The largest absolute Gasteiger partial charge is 0.321 e. The number of nitrogen functional groups attached to an aromatic ring is 1. The summed E-state index contributed by atoms with van der Waals surface area (Å²) in [4.78, 5) is 3.44. The van der Waals surface area contributed by atoms with Crippen LogP contribution in [-0.2, 0) is 10.0 Å². The van der Waals surface area contributed by atoms with Crippen molar-refractivity contribution in [3.8, 4) is 0 Å². The Morgan fingerprint density at radius 2 is 2.05 bits per heavy atom. The molecule has 0 bridgehead atoms. The van der Waals surface area contributed by atoms with Crippen molar-refractivity contribution in [3.05, 3.63) is 18.3 Å². The van der Waals surface area contributed by atoms with E-state index in [9.17, 15) is 26.0 Å². The molecule has 0 saturated heterocycles. The summed E-state index contributed by atoms with van der Waals surface area (Å²) in [7, 11) is -4.49. The van der Waals surface area contributed by atoms with Gasteiger partial charge in [-0.1, -0.05) is 0 Å². The first-order chi connectivity index (χ1) is 8.70. The number of hydrogen-bond donors (Lipinski definition) is 3. The minimum absolute atomic E-state index is 0.157. The third-order valence-corrected chi connectivity index (χ3v) is 3.36. The molecule has 0 fully saturated rings. The zero-order valence-electron chi connectivity index (χ0n) is 9.28. The maximum atomic E-state index is 12.6. The number of hydrazine groups is 1. The number of nitrogens with zero attached hydrogens (tertiary/aromatic N) is 1. The monoisotopic (exact) mass is 302 g/mol. The summed E-state index contributed by atoms with van der Waals surface area (Å²) >= 11 is 0. The molecule has 108 valence electrons. The summed E-state index contributed by atoms with van der Waals surface area (Å²) in [6.45, 7) is -1.74. The molecule has 0 radical (unpaired) electrons. The van der Waals surface area contributed by atoms with Crippen LogP contribution in [0, 0.1) is 0 Å². The molecule has 1 rings (SSSR count). The first kappa shape index (κ1) is 15.6. The van der Waals surface area contributed by atoms with Crippen LogP contribution >= 0.6 is 0 Å². The van der Waals surface area contributed by atoms with Gasteiger partial charge in [0.05, 0.1) is 12.2 Å². The van der Waals surface area contributed by atoms with Gasteiger partial charge in [0.25, 0.3) is 10.0 Å². The highest BCUT2D eigenvalue weighted by atomic mass is 32.2. The molecule has 1 aromatic heterocycles. The van der Waals surface area contributed by atoms with Crippen LogP contribution in [0.3, 0.4) is 0 Å². The fraction of sp³-hybridized carbons (Fsp3) is 0.375. The number of aromatic nitrogens is 1. The first-order valence-electron chi connectivity index (χ1n) is 4.78. The summed E-state index contributed by atoms with van der Waals surface area (Å²) < 4.78 is 73.7. The molecule has 0 aromatic carbocycles. The van der Waals surface area contributed by atoms with Crippen molar-refractivity contribution in [3.63, 3.8) is 0 Å². The lowest BCUT2D eigenvalue weighted by molar-refractivity contribution is -0.122. The molecule has 0 atom stereocenters. The van der Waals surface area contributed by atoms with E-state index < -0.39 is 33.9 Å². The molecule has 0 amide bonds. The summed E-state index contributed by atoms with van der Waals surface area (Å²) in [5, 5.41) is -0.664. The summed E-state index contributed by atoms with van der Waals surface area (Å²) in [6, 6.07) is 2.58. The standard InChI is InChI=1S/C8H10F4N4O2S/c9-7(10)8(11,12)4-15-19(17,18)6-5(16-13)2-1-3-14-6/h1-3,7,15-16H,4,13H2. The van der Waals surface area contributed by atoms with Crippen molar-refractivity contribution in [2.45, 2.75) is 17.4 Å². The average molecular weight is 302 g/mol. The number of sulfonamides is 1. The van der Waals surface area contributed by atoms with Gasteiger partial charge in [-0.15, -0.1) is 0 Å². The number of halogens is 4. The Balaban J connectivity index is 2.94. The van der Waals surface area contributed by atoms with E-state index in [2.05, 4.69) is 4.98 Å². The van der Waals surface area contributed by atoms with Crippen LogP contribution in [0.2, 0.25) is 0 Å². The Labute approximate surface area is 106 Å². The molecule has 0 aliphatic heterocycles. The van der Waals surface area contributed by atoms with Gasteiger partial charge in [-0.05, 0) is 12.1 Å². The number of alkyl halides is 4. The predicted molar refractivity (Wildman–Crippen MR) is 58.2 cm³/mol. The number of anilines is 1. The SMILES string of the molecule is NNc1cccnc1S(=O)(=O)NCC(F)(F)C(F)F. The van der Waals surface area contributed by atoms with Crippen molar-refractivity contribution in [1.82, 2.24) is 9.71 Å². The second-order valence-corrected chi connectivity index (χ2v) is 5.07. The molecular weight excluding hydrogens is 292 g/mol. The minimum atomic E-state index is -4.49. The van der Waals surface area contributed by atoms with Crippen LogP contribution in [0.5, 0.6) is 0 Å². The molecular formula is C8H10F4N4O2S. The van der Waals surface area contributed by atoms with E-state index in [1.165, 1.54) is 16.9 Å². The Morgan fingerprint density at radius 1 is 1.42 bits per heavy atom. The van der Waals surface area contributed by atoms with Crippen LogP contribution < -0.4 is 16.0 Å². The van der Waals surface area contributed by atoms with Gasteiger partial charge in [0.1, 0.15) is 0 Å². The maximum absolute atomic E-state index is 12.6. The van der Waals surface area contributed by atoms with Crippen LogP contribution in [0.25, 0.3) is 0 Å². The molecule has 0 aliphatic rings. The average Bonchev–Trinajstić information content (AvgIpc) is 2.36. The van der Waals surface area contributed by atoms with Crippen LogP contribution in [0.1, 0.15) is 0 Å². The van der Waals surface area contributed by atoms with Gasteiger partial charge in [-0.25, -0.2) is 26.9 Å². The van der Waals surface area contributed by atoms with E-state index in [1.807, 2.05) is 5.43 Å². The quantitative estimate of drug-likeness (QED) is 0.405. The molecule has 19 heavy (non-hydrogen) atoms. The third kappa shape index (κ3) is 3.75. The van der Waals surface area contributed by atoms with E-state index in [1.54, 1.807) is 0 Å². The van der Waals surface area contributed by atoms with Gasteiger partial charge in [-0.2, -0.15) is 8.78 Å². The second kappa shape index (κ2) is 5.67. The molecule has 0 saturated carbocycles. The van der Waals surface area contributed by atoms with Crippen LogP contribution in [0.15, 0.2) is 23.4 Å². The van der Waals surface area contributed by atoms with E-state index in [-0.39, 0.29) is 5.69 Å². The fourth-order valence-electron chi connectivity index (χ4n) is 1.05. The van der Waals surface area contributed by atoms with Crippen molar-refractivity contribution in [2.24, 2.45) is 5.84 Å². The van der Waals surface area contributed by atoms with Crippen molar-refractivity contribution >= 4 is 15.7 Å². The normalized spacial score (nSPS) is 12.7. The molecule has 1 aromatic rings. The van der Waals surface area contributed by atoms with E-state index in [0.29, 0.717) is 0 Å². The topological polar surface area (TPSA) is 97.1 Å². The van der Waals surface area contributed by atoms with Gasteiger partial charge < -0.3 is 5.43 Å². The fourth-order valence-corrected chi connectivity index (χ4v) is 2.19. The Morgan fingerprint density at radius 3 is 2.58 bits per heavy atom. The molecule has 1 heterocycles. The van der Waals surface area contributed by atoms with Gasteiger partial charge in [-0.3, -0.25) is 5.84 Å². The first-order valence-corrected chi connectivity index (χ1v) is 6.26. The van der Waals surface area contributed by atoms with Gasteiger partial charge >= 0.3 is 12.3 Å². The third-order valence-electron chi connectivity index (χ3n) is 2.00. The summed E-state index contributed by atoms with van der Waals surface area (Å²) in [6.07, 6.45) is -2.90. The number of pyridine rings is 1. The van der Waals surface area contributed by atoms with Crippen molar-refractivity contribution in [2.75, 3.05) is 12.0 Å². The second-order valence-electron chi connectivity index (χ2n) is 3.39. The van der Waals surface area contributed by atoms with Crippen molar-refractivity contribution in [1.29, 1.82) is 0 Å². The summed E-state index contributed by atoms with van der Waals surface area (Å²) in [5.41, 5.74) is 1.85. The zero-order valence-corrected chi connectivity index (χ0v) is 10.1. The maximum Gasteiger partial charge on any atom is 0.320 e. The van der Waals surface area contributed by atoms with E-state index >= 15 is 0 Å². The minimum Gasteiger partial charge on any atom is -0.321 e. The van der Waals surface area contributed by atoms with E-state index in [4.69, 9.17) is 5.84 Å². The number of rotatable bonds is 6. The highest BCUT2D eigenvalue weighted by Gasteiger charge is 2.41. The van der Waals surface area contributed by atoms with Gasteiger partial charge in [0.2, 0.25) is 0 Å². The molecule has 6 nitrogen and oxygen atoms in total. The molecule has 0 unspecified atom stereocenters.